The smallest absolute Gasteiger partial charge is 0.248 e. The average molecular weight is 472 g/mol. The molecule has 0 unspecified atom stereocenters. The summed E-state index contributed by atoms with van der Waals surface area (Å²) in [6.07, 6.45) is 3.34. The summed E-state index contributed by atoms with van der Waals surface area (Å²) in [6, 6.07) is 17.1. The van der Waals surface area contributed by atoms with Gasteiger partial charge in [-0.15, -0.1) is 0 Å². The number of furan rings is 1. The van der Waals surface area contributed by atoms with E-state index in [1.54, 1.807) is 32.6 Å². The number of carbonyl (C=O) groups is 1. The first-order valence-corrected chi connectivity index (χ1v) is 11.4. The fourth-order valence-electron chi connectivity index (χ4n) is 4.09. The van der Waals surface area contributed by atoms with Gasteiger partial charge < -0.3 is 23.9 Å². The number of anilines is 1. The van der Waals surface area contributed by atoms with Gasteiger partial charge in [0, 0.05) is 39.9 Å². The molecule has 0 aliphatic heterocycles. The lowest BCUT2D eigenvalue weighted by atomic mass is 9.96. The fourth-order valence-corrected chi connectivity index (χ4v) is 4.09. The first-order chi connectivity index (χ1) is 16.9. The Bertz CT molecular complexity index is 1380. The predicted octanol–water partition coefficient (Wildman–Crippen LogP) is 6.87. The number of aryl methyl sites for hydroxylation is 1. The van der Waals surface area contributed by atoms with Crippen LogP contribution in [0.1, 0.15) is 25.0 Å². The molecule has 0 fully saturated rings. The highest BCUT2D eigenvalue weighted by molar-refractivity contribution is 6.06. The minimum Gasteiger partial charge on any atom is -0.497 e. The van der Waals surface area contributed by atoms with E-state index in [2.05, 4.69) is 5.32 Å². The van der Waals surface area contributed by atoms with Crippen molar-refractivity contribution in [2.24, 2.45) is 0 Å². The van der Waals surface area contributed by atoms with E-state index in [4.69, 9.17) is 18.6 Å². The third-order valence-corrected chi connectivity index (χ3v) is 5.84. The van der Waals surface area contributed by atoms with E-state index in [0.717, 1.165) is 44.5 Å². The van der Waals surface area contributed by atoms with Gasteiger partial charge in [0.05, 0.1) is 27.1 Å². The number of methoxy groups -OCH3 is 2. The van der Waals surface area contributed by atoms with Gasteiger partial charge in [-0.05, 0) is 62.2 Å². The van der Waals surface area contributed by atoms with Crippen LogP contribution in [0, 0.1) is 6.92 Å². The second-order valence-electron chi connectivity index (χ2n) is 8.11. The van der Waals surface area contributed by atoms with Gasteiger partial charge in [-0.1, -0.05) is 18.2 Å². The van der Waals surface area contributed by atoms with Gasteiger partial charge >= 0.3 is 0 Å². The Hall–Kier alpha value is -4.19. The van der Waals surface area contributed by atoms with Crippen LogP contribution >= 0.6 is 0 Å². The Morgan fingerprint density at radius 3 is 2.46 bits per heavy atom. The van der Waals surface area contributed by atoms with Crippen molar-refractivity contribution in [1.29, 1.82) is 0 Å². The molecule has 6 heteroatoms. The molecule has 0 bridgehead atoms. The molecular formula is C29H29NO5. The number of amides is 1. The highest BCUT2D eigenvalue weighted by atomic mass is 16.5. The van der Waals surface area contributed by atoms with Crippen molar-refractivity contribution in [3.8, 4) is 28.4 Å². The van der Waals surface area contributed by atoms with Gasteiger partial charge in [-0.2, -0.15) is 0 Å². The molecule has 6 nitrogen and oxygen atoms in total. The summed E-state index contributed by atoms with van der Waals surface area (Å²) in [5.74, 6) is 1.93. The molecule has 1 aromatic heterocycles. The first-order valence-electron chi connectivity index (χ1n) is 11.4. The van der Waals surface area contributed by atoms with Crippen LogP contribution in [0.25, 0.3) is 27.7 Å². The summed E-state index contributed by atoms with van der Waals surface area (Å²) in [6.45, 7) is 6.31. The van der Waals surface area contributed by atoms with Crippen molar-refractivity contribution in [2.45, 2.75) is 20.8 Å². The van der Waals surface area contributed by atoms with Gasteiger partial charge in [0.1, 0.15) is 22.8 Å². The number of fused-ring (bicyclic) bond motifs is 1. The van der Waals surface area contributed by atoms with Crippen molar-refractivity contribution in [3.63, 3.8) is 0 Å². The van der Waals surface area contributed by atoms with E-state index in [1.165, 1.54) is 0 Å². The molecule has 0 saturated carbocycles. The van der Waals surface area contributed by atoms with Gasteiger partial charge in [0.15, 0.2) is 0 Å². The van der Waals surface area contributed by atoms with Gasteiger partial charge in [-0.25, -0.2) is 0 Å². The standard InChI is InChI=1S/C29H29NO5/c1-6-34-28-19(3)29-25(26(17-35-29)20-10-12-22(32-4)13-11-20)16-24(28)18(2)14-27(31)30-21-8-7-9-23(15-21)33-5/h7-17H,6H2,1-5H3,(H,30,31)/b18-14+. The number of hydrogen-bond acceptors (Lipinski definition) is 5. The SMILES string of the molecule is CCOc1c(/C(C)=C/C(=O)Nc2cccc(OC)c2)cc2c(-c3ccc(OC)cc3)coc2c1C. The summed E-state index contributed by atoms with van der Waals surface area (Å²) >= 11 is 0. The summed E-state index contributed by atoms with van der Waals surface area (Å²) in [7, 11) is 3.24. The van der Waals surface area contributed by atoms with Crippen molar-refractivity contribution in [1.82, 2.24) is 0 Å². The number of nitrogens with one attached hydrogen (secondary N) is 1. The molecule has 1 amide bonds. The molecule has 1 heterocycles. The molecule has 0 saturated heterocycles. The highest BCUT2D eigenvalue weighted by Gasteiger charge is 2.19. The van der Waals surface area contributed by atoms with E-state index in [0.29, 0.717) is 23.8 Å². The van der Waals surface area contributed by atoms with Gasteiger partial charge in [0.2, 0.25) is 5.91 Å². The van der Waals surface area contributed by atoms with E-state index in [-0.39, 0.29) is 5.91 Å². The molecule has 0 spiro atoms. The Labute approximate surface area is 205 Å². The zero-order valence-corrected chi connectivity index (χ0v) is 20.6. The Kier molecular flexibility index (Phi) is 7.11. The van der Waals surface area contributed by atoms with Gasteiger partial charge in [-0.3, -0.25) is 4.79 Å². The lowest BCUT2D eigenvalue weighted by Gasteiger charge is -2.15. The van der Waals surface area contributed by atoms with Gasteiger partial charge in [0.25, 0.3) is 0 Å². The predicted molar refractivity (Wildman–Crippen MR) is 139 cm³/mol. The summed E-state index contributed by atoms with van der Waals surface area (Å²) in [4.78, 5) is 12.8. The first kappa shape index (κ1) is 24.0. The zero-order chi connectivity index (χ0) is 24.9. The molecule has 4 aromatic rings. The van der Waals surface area contributed by atoms with Crippen LogP contribution < -0.4 is 19.5 Å². The summed E-state index contributed by atoms with van der Waals surface area (Å²) in [5, 5.41) is 3.85. The quantitative estimate of drug-likeness (QED) is 0.284. The maximum atomic E-state index is 12.8. The zero-order valence-electron chi connectivity index (χ0n) is 20.6. The fraction of sp³-hybridized carbons (Fsp3) is 0.207. The molecule has 1 N–H and O–H groups in total. The number of benzene rings is 3. The van der Waals surface area contributed by atoms with E-state index < -0.39 is 0 Å². The summed E-state index contributed by atoms with van der Waals surface area (Å²) in [5.41, 5.74) is 5.90. The minimum absolute atomic E-state index is 0.237. The van der Waals surface area contributed by atoms with Crippen LogP contribution in [-0.4, -0.2) is 26.7 Å². The molecule has 180 valence electrons. The van der Waals surface area contributed by atoms with Crippen molar-refractivity contribution >= 4 is 28.1 Å². The molecular weight excluding hydrogens is 442 g/mol. The largest absolute Gasteiger partial charge is 0.497 e. The lowest BCUT2D eigenvalue weighted by molar-refractivity contribution is -0.111. The monoisotopic (exact) mass is 471 g/mol. The minimum atomic E-state index is -0.237. The molecule has 0 radical (unpaired) electrons. The molecule has 0 aliphatic carbocycles. The van der Waals surface area contributed by atoms with Crippen LogP contribution in [-0.2, 0) is 4.79 Å². The molecule has 0 atom stereocenters. The Morgan fingerprint density at radius 1 is 1.03 bits per heavy atom. The average Bonchev–Trinajstić information content (AvgIpc) is 3.30. The summed E-state index contributed by atoms with van der Waals surface area (Å²) < 4.78 is 22.5. The third kappa shape index (κ3) is 5.01. The van der Waals surface area contributed by atoms with Crippen LogP contribution in [0.15, 0.2) is 71.4 Å². The molecule has 4 rings (SSSR count). The maximum absolute atomic E-state index is 12.8. The van der Waals surface area contributed by atoms with Crippen molar-refractivity contribution in [2.75, 3.05) is 26.1 Å². The Balaban J connectivity index is 1.75. The number of ether oxygens (including phenoxy) is 3. The maximum Gasteiger partial charge on any atom is 0.248 e. The molecule has 35 heavy (non-hydrogen) atoms. The second kappa shape index (κ2) is 10.4. The molecule has 0 aliphatic rings. The number of allylic oxidation sites excluding steroid dienone is 1. The highest BCUT2D eigenvalue weighted by Crippen LogP contribution is 2.41. The normalized spacial score (nSPS) is 11.4. The topological polar surface area (TPSA) is 69.9 Å². The number of carbonyl (C=O) groups excluding carboxylic acids is 1. The second-order valence-corrected chi connectivity index (χ2v) is 8.11. The Morgan fingerprint density at radius 2 is 1.77 bits per heavy atom. The third-order valence-electron chi connectivity index (χ3n) is 5.84. The van der Waals surface area contributed by atoms with Crippen LogP contribution in [0.5, 0.6) is 17.2 Å². The van der Waals surface area contributed by atoms with E-state index >= 15 is 0 Å². The van der Waals surface area contributed by atoms with Crippen LogP contribution in [0.4, 0.5) is 5.69 Å². The van der Waals surface area contributed by atoms with Crippen molar-refractivity contribution < 1.29 is 23.4 Å². The van der Waals surface area contributed by atoms with E-state index in [1.807, 2.05) is 69.3 Å². The number of rotatable bonds is 8. The van der Waals surface area contributed by atoms with Crippen LogP contribution in [0.2, 0.25) is 0 Å². The van der Waals surface area contributed by atoms with Crippen LogP contribution in [0.3, 0.4) is 0 Å². The lowest BCUT2D eigenvalue weighted by Crippen LogP contribution is -2.09. The number of hydrogen-bond donors (Lipinski definition) is 1. The van der Waals surface area contributed by atoms with Crippen molar-refractivity contribution in [3.05, 3.63) is 78.1 Å². The van der Waals surface area contributed by atoms with E-state index in [9.17, 15) is 4.79 Å². The molecule has 3 aromatic carbocycles.